The van der Waals surface area contributed by atoms with Gasteiger partial charge in [0.15, 0.2) is 0 Å². The molecule has 2 amide bonds. The number of anilines is 2. The van der Waals surface area contributed by atoms with Gasteiger partial charge in [-0.2, -0.15) is 0 Å². The third kappa shape index (κ3) is 3.92. The van der Waals surface area contributed by atoms with E-state index in [1.165, 1.54) is 6.92 Å². The third-order valence-corrected chi connectivity index (χ3v) is 3.50. The molecule has 0 saturated heterocycles. The standard InChI is InChI=1S/C16H15BrN2O2/c1-11(20)18-14-7-9-15(10-8-14)19(2)16(21)12-3-5-13(17)6-4-12/h3-10H,1-2H3,(H,18,20). The van der Waals surface area contributed by atoms with E-state index in [1.54, 1.807) is 48.3 Å². The molecule has 0 fully saturated rings. The maximum Gasteiger partial charge on any atom is 0.258 e. The highest BCUT2D eigenvalue weighted by Gasteiger charge is 2.13. The van der Waals surface area contributed by atoms with Crippen LogP contribution in [0, 0.1) is 0 Å². The summed E-state index contributed by atoms with van der Waals surface area (Å²) in [6, 6.07) is 14.3. The first-order valence-electron chi connectivity index (χ1n) is 6.38. The van der Waals surface area contributed by atoms with Gasteiger partial charge in [-0.15, -0.1) is 0 Å². The Balaban J connectivity index is 2.15. The lowest BCUT2D eigenvalue weighted by molar-refractivity contribution is -0.114. The molecule has 0 spiro atoms. The van der Waals surface area contributed by atoms with Gasteiger partial charge in [-0.1, -0.05) is 15.9 Å². The number of carbonyl (C=O) groups excluding carboxylic acids is 2. The molecule has 5 heteroatoms. The van der Waals surface area contributed by atoms with Crippen LogP contribution in [0.15, 0.2) is 53.0 Å². The molecular weight excluding hydrogens is 332 g/mol. The van der Waals surface area contributed by atoms with Crippen LogP contribution in [0.1, 0.15) is 17.3 Å². The van der Waals surface area contributed by atoms with Crippen molar-refractivity contribution in [2.24, 2.45) is 0 Å². The van der Waals surface area contributed by atoms with Crippen LogP contribution in [-0.4, -0.2) is 18.9 Å². The van der Waals surface area contributed by atoms with Gasteiger partial charge < -0.3 is 10.2 Å². The SMILES string of the molecule is CC(=O)Nc1ccc(N(C)C(=O)c2ccc(Br)cc2)cc1. The Morgan fingerprint density at radius 3 is 2.10 bits per heavy atom. The van der Waals surface area contributed by atoms with Crippen LogP contribution < -0.4 is 10.2 Å². The van der Waals surface area contributed by atoms with Crippen molar-refractivity contribution in [3.8, 4) is 0 Å². The van der Waals surface area contributed by atoms with E-state index in [0.29, 0.717) is 11.3 Å². The Bertz CT molecular complexity index is 651. The molecule has 0 aromatic heterocycles. The third-order valence-electron chi connectivity index (χ3n) is 2.97. The molecule has 0 aliphatic carbocycles. The summed E-state index contributed by atoms with van der Waals surface area (Å²) in [7, 11) is 1.72. The molecule has 0 unspecified atom stereocenters. The molecule has 0 aliphatic heterocycles. The molecule has 0 heterocycles. The lowest BCUT2D eigenvalue weighted by atomic mass is 10.2. The van der Waals surface area contributed by atoms with Gasteiger partial charge >= 0.3 is 0 Å². The lowest BCUT2D eigenvalue weighted by Crippen LogP contribution is -2.26. The molecule has 0 radical (unpaired) electrons. The van der Waals surface area contributed by atoms with E-state index in [4.69, 9.17) is 0 Å². The van der Waals surface area contributed by atoms with E-state index < -0.39 is 0 Å². The van der Waals surface area contributed by atoms with Crippen molar-refractivity contribution in [3.05, 3.63) is 58.6 Å². The first kappa shape index (κ1) is 15.3. The fourth-order valence-electron chi connectivity index (χ4n) is 1.88. The molecular formula is C16H15BrN2O2. The van der Waals surface area contributed by atoms with Crippen molar-refractivity contribution >= 4 is 39.1 Å². The average Bonchev–Trinajstić information content (AvgIpc) is 2.47. The fourth-order valence-corrected chi connectivity index (χ4v) is 2.14. The number of carbonyl (C=O) groups is 2. The maximum atomic E-state index is 12.4. The van der Waals surface area contributed by atoms with E-state index in [1.807, 2.05) is 12.1 Å². The van der Waals surface area contributed by atoms with E-state index >= 15 is 0 Å². The van der Waals surface area contributed by atoms with Gasteiger partial charge in [0.05, 0.1) is 0 Å². The summed E-state index contributed by atoms with van der Waals surface area (Å²) < 4.78 is 0.932. The van der Waals surface area contributed by atoms with Gasteiger partial charge in [-0.3, -0.25) is 9.59 Å². The Morgan fingerprint density at radius 1 is 1.00 bits per heavy atom. The highest BCUT2D eigenvalue weighted by Crippen LogP contribution is 2.19. The van der Waals surface area contributed by atoms with Crippen LogP contribution in [0.25, 0.3) is 0 Å². The number of halogens is 1. The summed E-state index contributed by atoms with van der Waals surface area (Å²) in [5.41, 5.74) is 2.08. The van der Waals surface area contributed by atoms with Crippen molar-refractivity contribution in [2.75, 3.05) is 17.3 Å². The first-order valence-corrected chi connectivity index (χ1v) is 7.18. The highest BCUT2D eigenvalue weighted by molar-refractivity contribution is 9.10. The summed E-state index contributed by atoms with van der Waals surface area (Å²) in [5.74, 6) is -0.211. The van der Waals surface area contributed by atoms with Crippen molar-refractivity contribution in [1.82, 2.24) is 0 Å². The fraction of sp³-hybridized carbons (Fsp3) is 0.125. The number of hydrogen-bond donors (Lipinski definition) is 1. The van der Waals surface area contributed by atoms with Gasteiger partial charge in [0.1, 0.15) is 0 Å². The van der Waals surface area contributed by atoms with Crippen molar-refractivity contribution in [3.63, 3.8) is 0 Å². The smallest absolute Gasteiger partial charge is 0.258 e. The largest absolute Gasteiger partial charge is 0.326 e. The van der Waals surface area contributed by atoms with Crippen LogP contribution in [-0.2, 0) is 4.79 Å². The Labute approximate surface area is 131 Å². The maximum absolute atomic E-state index is 12.4. The summed E-state index contributed by atoms with van der Waals surface area (Å²) in [4.78, 5) is 24.9. The predicted molar refractivity (Wildman–Crippen MR) is 87.6 cm³/mol. The molecule has 0 saturated carbocycles. The van der Waals surface area contributed by atoms with E-state index in [0.717, 1.165) is 10.2 Å². The summed E-state index contributed by atoms with van der Waals surface area (Å²) in [6.45, 7) is 1.46. The summed E-state index contributed by atoms with van der Waals surface area (Å²) >= 11 is 3.34. The average molecular weight is 347 g/mol. The zero-order valence-corrected chi connectivity index (χ0v) is 13.3. The van der Waals surface area contributed by atoms with Gasteiger partial charge in [0.25, 0.3) is 5.91 Å². The van der Waals surface area contributed by atoms with Crippen molar-refractivity contribution < 1.29 is 9.59 Å². The summed E-state index contributed by atoms with van der Waals surface area (Å²) in [6.07, 6.45) is 0. The molecule has 21 heavy (non-hydrogen) atoms. The second kappa shape index (κ2) is 6.54. The number of amides is 2. The van der Waals surface area contributed by atoms with E-state index in [-0.39, 0.29) is 11.8 Å². The van der Waals surface area contributed by atoms with Crippen molar-refractivity contribution in [1.29, 1.82) is 0 Å². The molecule has 108 valence electrons. The monoisotopic (exact) mass is 346 g/mol. The Morgan fingerprint density at radius 2 is 1.57 bits per heavy atom. The summed E-state index contributed by atoms with van der Waals surface area (Å²) in [5, 5.41) is 2.69. The molecule has 0 atom stereocenters. The second-order valence-corrected chi connectivity index (χ2v) is 5.51. The van der Waals surface area contributed by atoms with Crippen LogP contribution in [0.4, 0.5) is 11.4 Å². The molecule has 1 N–H and O–H groups in total. The van der Waals surface area contributed by atoms with Crippen molar-refractivity contribution in [2.45, 2.75) is 6.92 Å². The van der Waals surface area contributed by atoms with Crippen LogP contribution in [0.5, 0.6) is 0 Å². The Kier molecular flexibility index (Phi) is 4.75. The molecule has 4 nitrogen and oxygen atoms in total. The minimum Gasteiger partial charge on any atom is -0.326 e. The predicted octanol–water partition coefficient (Wildman–Crippen LogP) is 3.68. The molecule has 2 aromatic rings. The number of nitrogens with one attached hydrogen (secondary N) is 1. The number of benzene rings is 2. The minimum absolute atomic E-state index is 0.0882. The van der Waals surface area contributed by atoms with Gasteiger partial charge in [0.2, 0.25) is 5.91 Å². The van der Waals surface area contributed by atoms with Gasteiger partial charge in [-0.05, 0) is 48.5 Å². The van der Waals surface area contributed by atoms with Gasteiger partial charge in [0, 0.05) is 35.4 Å². The molecule has 0 aliphatic rings. The molecule has 2 rings (SSSR count). The van der Waals surface area contributed by atoms with E-state index in [9.17, 15) is 9.59 Å². The van der Waals surface area contributed by atoms with Gasteiger partial charge in [-0.25, -0.2) is 0 Å². The topological polar surface area (TPSA) is 49.4 Å². The molecule has 0 bridgehead atoms. The highest BCUT2D eigenvalue weighted by atomic mass is 79.9. The quantitative estimate of drug-likeness (QED) is 0.921. The normalized spacial score (nSPS) is 10.0. The van der Waals surface area contributed by atoms with E-state index in [2.05, 4.69) is 21.2 Å². The van der Waals surface area contributed by atoms with Crippen LogP contribution in [0.2, 0.25) is 0 Å². The number of rotatable bonds is 3. The zero-order chi connectivity index (χ0) is 15.4. The lowest BCUT2D eigenvalue weighted by Gasteiger charge is -2.18. The second-order valence-electron chi connectivity index (χ2n) is 4.60. The molecule has 2 aromatic carbocycles. The first-order chi connectivity index (χ1) is 9.97. The number of nitrogens with zero attached hydrogens (tertiary/aromatic N) is 1. The minimum atomic E-state index is -0.123. The zero-order valence-electron chi connectivity index (χ0n) is 11.8. The number of hydrogen-bond acceptors (Lipinski definition) is 2. The Hall–Kier alpha value is -2.14. The van der Waals surface area contributed by atoms with Crippen LogP contribution >= 0.6 is 15.9 Å². The van der Waals surface area contributed by atoms with Crippen LogP contribution in [0.3, 0.4) is 0 Å².